The number of nitro benzene ring substituents is 1. The Labute approximate surface area is 179 Å². The van der Waals surface area contributed by atoms with Crippen LogP contribution < -0.4 is 20.1 Å². The molecule has 8 nitrogen and oxygen atoms in total. The van der Waals surface area contributed by atoms with Crippen LogP contribution in [0.3, 0.4) is 0 Å². The number of non-ortho nitro benzene ring substituents is 1. The van der Waals surface area contributed by atoms with Gasteiger partial charge in [0.2, 0.25) is 12.7 Å². The first kappa shape index (κ1) is 20.2. The highest BCUT2D eigenvalue weighted by Gasteiger charge is 2.13. The fourth-order valence-corrected chi connectivity index (χ4v) is 3.18. The first-order valence-electron chi connectivity index (χ1n) is 9.78. The molecule has 2 N–H and O–H groups in total. The highest BCUT2D eigenvalue weighted by molar-refractivity contribution is 5.78. The van der Waals surface area contributed by atoms with Crippen molar-refractivity contribution < 1.29 is 19.2 Å². The number of hydrogen-bond acceptors (Lipinski definition) is 6. The minimum Gasteiger partial charge on any atom is -0.454 e. The molecule has 0 fully saturated rings. The highest BCUT2D eigenvalue weighted by Crippen LogP contribution is 2.32. The topological polar surface area (TPSA) is 103 Å². The van der Waals surface area contributed by atoms with Gasteiger partial charge in [0.15, 0.2) is 11.5 Å². The Morgan fingerprint density at radius 2 is 1.55 bits per heavy atom. The Morgan fingerprint density at radius 3 is 2.29 bits per heavy atom. The van der Waals surface area contributed by atoms with Crippen LogP contribution >= 0.6 is 0 Å². The molecule has 0 bridgehead atoms. The van der Waals surface area contributed by atoms with Gasteiger partial charge in [0.05, 0.1) is 11.3 Å². The lowest BCUT2D eigenvalue weighted by Crippen LogP contribution is -2.24. The summed E-state index contributed by atoms with van der Waals surface area (Å²) in [6, 6.07) is 19.7. The maximum atomic E-state index is 12.3. The van der Waals surface area contributed by atoms with Crippen LogP contribution in [-0.4, -0.2) is 17.6 Å². The van der Waals surface area contributed by atoms with Crippen LogP contribution in [0.25, 0.3) is 0 Å². The zero-order chi connectivity index (χ0) is 21.6. The molecule has 1 aliphatic heterocycles. The van der Waals surface area contributed by atoms with Crippen molar-refractivity contribution in [3.05, 3.63) is 93.5 Å². The summed E-state index contributed by atoms with van der Waals surface area (Å²) in [5, 5.41) is 16.9. The van der Waals surface area contributed by atoms with Crippen LogP contribution in [0, 0.1) is 10.1 Å². The van der Waals surface area contributed by atoms with Crippen LogP contribution in [-0.2, 0) is 24.3 Å². The molecule has 4 rings (SSSR count). The molecule has 3 aromatic carbocycles. The number of amides is 1. The van der Waals surface area contributed by atoms with Gasteiger partial charge in [-0.05, 0) is 41.0 Å². The summed E-state index contributed by atoms with van der Waals surface area (Å²) in [6.07, 6.45) is 0.285. The molecule has 0 saturated carbocycles. The second kappa shape index (κ2) is 9.17. The van der Waals surface area contributed by atoms with Gasteiger partial charge in [0.1, 0.15) is 0 Å². The molecule has 0 spiro atoms. The molecule has 31 heavy (non-hydrogen) atoms. The van der Waals surface area contributed by atoms with Crippen molar-refractivity contribution in [2.24, 2.45) is 0 Å². The van der Waals surface area contributed by atoms with Gasteiger partial charge in [-0.15, -0.1) is 0 Å². The Morgan fingerprint density at radius 1 is 0.871 bits per heavy atom. The SMILES string of the molecule is O=C(Cc1ccc(NCc2ccc([N+](=O)[O-])cc2)cc1)NCc1ccc2c(c1)OCO2. The van der Waals surface area contributed by atoms with E-state index in [9.17, 15) is 14.9 Å². The van der Waals surface area contributed by atoms with Crippen molar-refractivity contribution >= 4 is 17.3 Å². The summed E-state index contributed by atoms with van der Waals surface area (Å²) >= 11 is 0. The summed E-state index contributed by atoms with van der Waals surface area (Å²) in [5.41, 5.74) is 3.78. The van der Waals surface area contributed by atoms with E-state index in [2.05, 4.69) is 10.6 Å². The van der Waals surface area contributed by atoms with Crippen molar-refractivity contribution in [3.63, 3.8) is 0 Å². The van der Waals surface area contributed by atoms with Crippen molar-refractivity contribution in [1.29, 1.82) is 0 Å². The van der Waals surface area contributed by atoms with Gasteiger partial charge < -0.3 is 20.1 Å². The molecule has 1 heterocycles. The van der Waals surface area contributed by atoms with E-state index in [1.807, 2.05) is 42.5 Å². The number of nitro groups is 1. The van der Waals surface area contributed by atoms with Crippen LogP contribution in [0.1, 0.15) is 16.7 Å². The predicted molar refractivity (Wildman–Crippen MR) is 115 cm³/mol. The monoisotopic (exact) mass is 419 g/mol. The lowest BCUT2D eigenvalue weighted by molar-refractivity contribution is -0.384. The Kier molecular flexibility index (Phi) is 5.98. The third-order valence-electron chi connectivity index (χ3n) is 4.89. The average molecular weight is 419 g/mol. The molecule has 1 amide bonds. The van der Waals surface area contributed by atoms with Gasteiger partial charge in [0.25, 0.3) is 5.69 Å². The molecule has 158 valence electrons. The number of benzene rings is 3. The van der Waals surface area contributed by atoms with Crippen LogP contribution in [0.5, 0.6) is 11.5 Å². The van der Waals surface area contributed by atoms with Gasteiger partial charge in [-0.3, -0.25) is 14.9 Å². The van der Waals surface area contributed by atoms with E-state index >= 15 is 0 Å². The van der Waals surface area contributed by atoms with Crippen molar-refractivity contribution in [3.8, 4) is 11.5 Å². The number of nitrogens with one attached hydrogen (secondary N) is 2. The number of ether oxygens (including phenoxy) is 2. The van der Waals surface area contributed by atoms with E-state index in [1.165, 1.54) is 12.1 Å². The molecule has 0 aliphatic carbocycles. The van der Waals surface area contributed by atoms with E-state index in [1.54, 1.807) is 12.1 Å². The van der Waals surface area contributed by atoms with Crippen LogP contribution in [0.15, 0.2) is 66.7 Å². The van der Waals surface area contributed by atoms with E-state index in [-0.39, 0.29) is 24.8 Å². The molecule has 0 radical (unpaired) electrons. The maximum Gasteiger partial charge on any atom is 0.269 e. The second-order valence-corrected chi connectivity index (χ2v) is 7.12. The maximum absolute atomic E-state index is 12.3. The number of carbonyl (C=O) groups is 1. The zero-order valence-corrected chi connectivity index (χ0v) is 16.7. The van der Waals surface area contributed by atoms with E-state index in [0.717, 1.165) is 28.1 Å². The molecule has 8 heteroatoms. The van der Waals surface area contributed by atoms with Gasteiger partial charge in [-0.1, -0.05) is 30.3 Å². The number of fused-ring (bicyclic) bond motifs is 1. The van der Waals surface area contributed by atoms with Gasteiger partial charge >= 0.3 is 0 Å². The smallest absolute Gasteiger partial charge is 0.269 e. The third kappa shape index (κ3) is 5.30. The number of anilines is 1. The Hall–Kier alpha value is -4.07. The molecule has 0 aromatic heterocycles. The summed E-state index contributed by atoms with van der Waals surface area (Å²) < 4.78 is 10.6. The largest absolute Gasteiger partial charge is 0.454 e. The lowest BCUT2D eigenvalue weighted by Gasteiger charge is -2.09. The summed E-state index contributed by atoms with van der Waals surface area (Å²) in [6.45, 7) is 1.20. The zero-order valence-electron chi connectivity index (χ0n) is 16.7. The standard InChI is InChI=1S/C23H21N3O5/c27-23(25-14-18-5-10-21-22(11-18)31-15-30-21)12-16-1-6-19(7-2-16)24-13-17-3-8-20(9-4-17)26(28)29/h1-11,24H,12-15H2,(H,25,27). The van der Waals surface area contributed by atoms with Crippen LogP contribution in [0.4, 0.5) is 11.4 Å². The van der Waals surface area contributed by atoms with Gasteiger partial charge in [0, 0.05) is 30.9 Å². The number of rotatable bonds is 8. The average Bonchev–Trinajstić information content (AvgIpc) is 3.25. The molecule has 0 atom stereocenters. The lowest BCUT2D eigenvalue weighted by atomic mass is 10.1. The van der Waals surface area contributed by atoms with E-state index in [0.29, 0.717) is 18.8 Å². The molecule has 1 aliphatic rings. The minimum atomic E-state index is -0.415. The number of hydrogen-bond donors (Lipinski definition) is 2. The highest BCUT2D eigenvalue weighted by atomic mass is 16.7. The summed E-state index contributed by atoms with van der Waals surface area (Å²) in [7, 11) is 0. The fraction of sp³-hybridized carbons (Fsp3) is 0.174. The van der Waals surface area contributed by atoms with Crippen molar-refractivity contribution in [1.82, 2.24) is 5.32 Å². The molecule has 0 saturated heterocycles. The van der Waals surface area contributed by atoms with Gasteiger partial charge in [-0.25, -0.2) is 0 Å². The number of carbonyl (C=O) groups excluding carboxylic acids is 1. The molecule has 0 unspecified atom stereocenters. The molecular weight excluding hydrogens is 398 g/mol. The Bertz CT molecular complexity index is 1080. The normalized spacial score (nSPS) is 11.7. The quantitative estimate of drug-likeness (QED) is 0.425. The second-order valence-electron chi connectivity index (χ2n) is 7.12. The first-order valence-corrected chi connectivity index (χ1v) is 9.78. The summed E-state index contributed by atoms with van der Waals surface area (Å²) in [4.78, 5) is 22.5. The Balaban J connectivity index is 1.24. The first-order chi connectivity index (χ1) is 15.1. The van der Waals surface area contributed by atoms with Crippen LogP contribution in [0.2, 0.25) is 0 Å². The third-order valence-corrected chi connectivity index (χ3v) is 4.89. The van der Waals surface area contributed by atoms with Gasteiger partial charge in [-0.2, -0.15) is 0 Å². The predicted octanol–water partition coefficient (Wildman–Crippen LogP) is 3.79. The molecular formula is C23H21N3O5. The van der Waals surface area contributed by atoms with E-state index in [4.69, 9.17) is 9.47 Å². The van der Waals surface area contributed by atoms with E-state index < -0.39 is 4.92 Å². The number of nitrogens with zero attached hydrogens (tertiary/aromatic N) is 1. The summed E-state index contributed by atoms with van der Waals surface area (Å²) in [5.74, 6) is 1.35. The fourth-order valence-electron chi connectivity index (χ4n) is 3.18. The molecule has 3 aromatic rings. The van der Waals surface area contributed by atoms with Crippen molar-refractivity contribution in [2.45, 2.75) is 19.5 Å². The van der Waals surface area contributed by atoms with Crippen molar-refractivity contribution in [2.75, 3.05) is 12.1 Å². The minimum absolute atomic E-state index is 0.0655.